The summed E-state index contributed by atoms with van der Waals surface area (Å²) >= 11 is 12.4. The molecule has 3 rings (SSSR count). The number of nitrogens with one attached hydrogen (secondary N) is 1. The molecule has 2 aromatic carbocycles. The number of ether oxygens (including phenoxy) is 1. The molecule has 0 radical (unpaired) electrons. The number of benzene rings is 2. The third-order valence-corrected chi connectivity index (χ3v) is 5.26. The lowest BCUT2D eigenvalue weighted by molar-refractivity contribution is -0.910. The van der Waals surface area contributed by atoms with Crippen LogP contribution in [0.5, 0.6) is 11.5 Å². The first-order chi connectivity index (χ1) is 12.5. The maximum absolute atomic E-state index is 12.7. The number of hydrogen-bond acceptors (Lipinski definition) is 3. The highest BCUT2D eigenvalue weighted by molar-refractivity contribution is 6.37. The second-order valence-electron chi connectivity index (χ2n) is 6.13. The van der Waals surface area contributed by atoms with Crippen LogP contribution in [0.15, 0.2) is 36.1 Å². The number of carbonyl (C=O) groups is 1. The molecule has 4 nitrogen and oxygen atoms in total. The van der Waals surface area contributed by atoms with Gasteiger partial charge in [-0.15, -0.1) is 0 Å². The molecule has 0 bridgehead atoms. The van der Waals surface area contributed by atoms with Crippen LogP contribution >= 0.6 is 23.2 Å². The van der Waals surface area contributed by atoms with Crippen LogP contribution in [0.3, 0.4) is 0 Å². The molecule has 0 fully saturated rings. The van der Waals surface area contributed by atoms with Gasteiger partial charge in [-0.3, -0.25) is 4.79 Å². The zero-order chi connectivity index (χ0) is 18.8. The molecule has 2 aromatic rings. The number of carbonyl (C=O) groups excluding carboxylic acids is 1. The van der Waals surface area contributed by atoms with Gasteiger partial charge >= 0.3 is 0 Å². The predicted molar refractivity (Wildman–Crippen MR) is 101 cm³/mol. The van der Waals surface area contributed by atoms with Gasteiger partial charge in [-0.1, -0.05) is 41.1 Å². The van der Waals surface area contributed by atoms with Crippen LogP contribution in [0.1, 0.15) is 35.3 Å². The van der Waals surface area contributed by atoms with Gasteiger partial charge in [0.15, 0.2) is 5.76 Å². The summed E-state index contributed by atoms with van der Waals surface area (Å²) in [5.41, 5.74) is 1.45. The van der Waals surface area contributed by atoms with E-state index in [1.165, 1.54) is 23.1 Å². The van der Waals surface area contributed by atoms with Crippen molar-refractivity contribution in [1.82, 2.24) is 0 Å². The average molecular weight is 392 g/mol. The Morgan fingerprint density at radius 2 is 1.77 bits per heavy atom. The Bertz CT molecular complexity index is 869. The number of fused-ring (bicyclic) bond motifs is 1. The quantitative estimate of drug-likeness (QED) is 0.796. The first-order valence-corrected chi connectivity index (χ1v) is 9.26. The van der Waals surface area contributed by atoms with Crippen molar-refractivity contribution in [3.05, 3.63) is 62.8 Å². The Morgan fingerprint density at radius 1 is 1.12 bits per heavy atom. The molecule has 1 N–H and O–H groups in total. The fourth-order valence-electron chi connectivity index (χ4n) is 2.99. The molecule has 1 aliphatic heterocycles. The molecular formula is C20H19Cl2NO3. The van der Waals surface area contributed by atoms with Crippen LogP contribution in [0, 0.1) is 0 Å². The van der Waals surface area contributed by atoms with E-state index in [0.29, 0.717) is 39.0 Å². The smallest absolute Gasteiger partial charge is 0.231 e. The second-order valence-corrected chi connectivity index (χ2v) is 6.94. The van der Waals surface area contributed by atoms with E-state index in [2.05, 4.69) is 13.8 Å². The highest BCUT2D eigenvalue weighted by atomic mass is 35.5. The molecule has 136 valence electrons. The fraction of sp³-hybridized carbons (Fsp3) is 0.250. The molecule has 0 aromatic heterocycles. The van der Waals surface area contributed by atoms with Gasteiger partial charge in [-0.2, -0.15) is 0 Å². The molecule has 0 spiro atoms. The van der Waals surface area contributed by atoms with Gasteiger partial charge < -0.3 is 14.7 Å². The Kier molecular flexibility index (Phi) is 5.56. The first-order valence-electron chi connectivity index (χ1n) is 8.50. The molecule has 0 atom stereocenters. The molecule has 1 aliphatic rings. The molecule has 0 saturated carbocycles. The molecule has 0 aliphatic carbocycles. The summed E-state index contributed by atoms with van der Waals surface area (Å²) in [6.45, 7) is 6.39. The predicted octanol–water partition coefficient (Wildman–Crippen LogP) is 3.11. The minimum atomic E-state index is -0.271. The lowest BCUT2D eigenvalue weighted by Gasteiger charge is -2.21. The van der Waals surface area contributed by atoms with Crippen molar-refractivity contribution in [3.63, 3.8) is 0 Å². The summed E-state index contributed by atoms with van der Waals surface area (Å²) in [4.78, 5) is 14.0. The van der Waals surface area contributed by atoms with E-state index < -0.39 is 0 Å². The number of quaternary nitrogens is 1. The van der Waals surface area contributed by atoms with Crippen molar-refractivity contribution in [2.45, 2.75) is 20.4 Å². The largest absolute Gasteiger partial charge is 0.872 e. The number of Topliss-reactive ketones (excluding diaryl/α,β-unsaturated/α-hetero) is 1. The third-order valence-electron chi connectivity index (χ3n) is 4.60. The SMILES string of the molecule is CC[NH+](CC)Cc1c([O-])ccc2c1O/C(=C\c1c(Cl)cccc1Cl)C2=O. The number of allylic oxidation sites excluding steroid dienone is 1. The number of ketones is 1. The highest BCUT2D eigenvalue weighted by Gasteiger charge is 2.31. The Morgan fingerprint density at radius 3 is 2.38 bits per heavy atom. The summed E-state index contributed by atoms with van der Waals surface area (Å²) in [6, 6.07) is 8.07. The van der Waals surface area contributed by atoms with Crippen LogP contribution in [0.2, 0.25) is 10.0 Å². The van der Waals surface area contributed by atoms with Crippen LogP contribution in [-0.2, 0) is 6.54 Å². The fourth-order valence-corrected chi connectivity index (χ4v) is 3.49. The lowest BCUT2D eigenvalue weighted by Crippen LogP contribution is -3.10. The van der Waals surface area contributed by atoms with Crippen molar-refractivity contribution >= 4 is 35.1 Å². The Labute approximate surface area is 162 Å². The maximum atomic E-state index is 12.7. The van der Waals surface area contributed by atoms with Gasteiger partial charge in [0.25, 0.3) is 0 Å². The number of halogens is 2. The van der Waals surface area contributed by atoms with Crippen molar-refractivity contribution in [1.29, 1.82) is 0 Å². The number of rotatable bonds is 5. The van der Waals surface area contributed by atoms with E-state index in [1.54, 1.807) is 18.2 Å². The van der Waals surface area contributed by atoms with E-state index in [9.17, 15) is 9.90 Å². The molecule has 0 amide bonds. The normalized spacial score (nSPS) is 14.8. The van der Waals surface area contributed by atoms with Crippen LogP contribution in [0.4, 0.5) is 0 Å². The standard InChI is InChI=1S/C20H19Cl2NO3/c1-3-23(4-2)11-14-17(24)9-8-12-19(25)18(26-20(12)14)10-13-15(21)6-5-7-16(13)22/h5-10,24H,3-4,11H2,1-2H3/b18-10-. The average Bonchev–Trinajstić information content (AvgIpc) is 2.94. The van der Waals surface area contributed by atoms with Gasteiger partial charge in [-0.05, 0) is 38.1 Å². The molecule has 0 unspecified atom stereocenters. The van der Waals surface area contributed by atoms with Gasteiger partial charge in [0, 0.05) is 21.2 Å². The highest BCUT2D eigenvalue weighted by Crippen LogP contribution is 2.39. The van der Waals surface area contributed by atoms with E-state index in [4.69, 9.17) is 27.9 Å². The van der Waals surface area contributed by atoms with Gasteiger partial charge in [0.05, 0.1) is 18.7 Å². The summed E-state index contributed by atoms with van der Waals surface area (Å²) in [6.07, 6.45) is 1.53. The molecule has 1 heterocycles. The summed E-state index contributed by atoms with van der Waals surface area (Å²) in [5.74, 6) is 0.0903. The zero-order valence-electron chi connectivity index (χ0n) is 14.6. The molecular weight excluding hydrogens is 373 g/mol. The minimum Gasteiger partial charge on any atom is -0.872 e. The van der Waals surface area contributed by atoms with E-state index in [0.717, 1.165) is 13.1 Å². The van der Waals surface area contributed by atoms with Crippen LogP contribution < -0.4 is 14.7 Å². The van der Waals surface area contributed by atoms with Crippen molar-refractivity contribution < 1.29 is 19.5 Å². The Hall–Kier alpha value is -2.01. The topological polar surface area (TPSA) is 53.8 Å². The summed E-state index contributed by atoms with van der Waals surface area (Å²) < 4.78 is 5.82. The monoisotopic (exact) mass is 391 g/mol. The zero-order valence-corrected chi connectivity index (χ0v) is 16.1. The van der Waals surface area contributed by atoms with Crippen molar-refractivity contribution in [2.75, 3.05) is 13.1 Å². The van der Waals surface area contributed by atoms with Crippen molar-refractivity contribution in [3.8, 4) is 11.5 Å². The third kappa shape index (κ3) is 3.45. The van der Waals surface area contributed by atoms with Crippen molar-refractivity contribution in [2.24, 2.45) is 0 Å². The Balaban J connectivity index is 2.03. The van der Waals surface area contributed by atoms with Gasteiger partial charge in [-0.25, -0.2) is 0 Å². The number of hydrogen-bond donors (Lipinski definition) is 1. The van der Waals surface area contributed by atoms with E-state index >= 15 is 0 Å². The van der Waals surface area contributed by atoms with Gasteiger partial charge in [0.2, 0.25) is 5.78 Å². The molecule has 6 heteroatoms. The summed E-state index contributed by atoms with van der Waals surface area (Å²) in [7, 11) is 0. The van der Waals surface area contributed by atoms with Crippen LogP contribution in [-0.4, -0.2) is 18.9 Å². The van der Waals surface area contributed by atoms with E-state index in [1.807, 2.05) is 0 Å². The minimum absolute atomic E-state index is 0.118. The molecule has 0 saturated heterocycles. The maximum Gasteiger partial charge on any atom is 0.231 e. The molecule has 26 heavy (non-hydrogen) atoms. The second kappa shape index (κ2) is 7.70. The first kappa shape index (κ1) is 18.8. The van der Waals surface area contributed by atoms with Gasteiger partial charge in [0.1, 0.15) is 12.3 Å². The van der Waals surface area contributed by atoms with E-state index in [-0.39, 0.29) is 17.3 Å². The summed E-state index contributed by atoms with van der Waals surface area (Å²) in [5, 5.41) is 13.2. The van der Waals surface area contributed by atoms with Crippen LogP contribution in [0.25, 0.3) is 6.08 Å². The lowest BCUT2D eigenvalue weighted by atomic mass is 10.0.